The molecule has 6 heteroatoms. The molecular formula is C6H9N3O2S. The average Bonchev–Trinajstić information content (AvgIpc) is 1.82. The molecule has 1 heterocycles. The molecule has 0 saturated heterocycles. The third-order valence-corrected chi connectivity index (χ3v) is 1.63. The lowest BCUT2D eigenvalue weighted by Gasteiger charge is -2.05. The van der Waals surface area contributed by atoms with Crippen LogP contribution in [-0.2, 0) is 0 Å². The van der Waals surface area contributed by atoms with Crippen LogP contribution in [-0.4, -0.2) is 15.1 Å². The van der Waals surface area contributed by atoms with Gasteiger partial charge in [0, 0.05) is 0 Å². The summed E-state index contributed by atoms with van der Waals surface area (Å²) < 4.78 is 0.155. The number of nitrogen functional groups attached to an aromatic ring is 1. The Morgan fingerprint density at radius 2 is 2.17 bits per heavy atom. The molecule has 1 atom stereocenters. The van der Waals surface area contributed by atoms with E-state index in [2.05, 4.69) is 22.2 Å². The third kappa shape index (κ3) is 1.54. The maximum Gasteiger partial charge on any atom is 0.259 e. The Morgan fingerprint density at radius 1 is 1.58 bits per heavy atom. The predicted molar refractivity (Wildman–Crippen MR) is 47.3 cm³/mol. The van der Waals surface area contributed by atoms with Gasteiger partial charge in [0.15, 0.2) is 4.77 Å². The standard InChI is InChI=1S/C6H9N3O2S/c1-2(10)3-4(7)8-6(12)9-5(3)11/h2,10H,1H3,(H4,7,8,9,11,12). The van der Waals surface area contributed by atoms with Crippen LogP contribution in [0.1, 0.15) is 18.6 Å². The number of anilines is 1. The summed E-state index contributed by atoms with van der Waals surface area (Å²) >= 11 is 4.66. The minimum atomic E-state index is -0.902. The van der Waals surface area contributed by atoms with E-state index >= 15 is 0 Å². The summed E-state index contributed by atoms with van der Waals surface area (Å²) in [5.74, 6) is 0.110. The summed E-state index contributed by atoms with van der Waals surface area (Å²) in [7, 11) is 0. The van der Waals surface area contributed by atoms with Gasteiger partial charge in [-0.05, 0) is 19.1 Å². The molecule has 0 aliphatic carbocycles. The molecule has 12 heavy (non-hydrogen) atoms. The van der Waals surface area contributed by atoms with Gasteiger partial charge in [0.25, 0.3) is 5.56 Å². The number of nitrogens with two attached hydrogens (primary N) is 1. The van der Waals surface area contributed by atoms with Crippen LogP contribution < -0.4 is 11.3 Å². The fourth-order valence-electron chi connectivity index (χ4n) is 0.928. The van der Waals surface area contributed by atoms with Crippen molar-refractivity contribution >= 4 is 18.0 Å². The lowest BCUT2D eigenvalue weighted by molar-refractivity contribution is 0.198. The number of aromatic nitrogens is 2. The van der Waals surface area contributed by atoms with E-state index in [9.17, 15) is 4.79 Å². The molecule has 66 valence electrons. The van der Waals surface area contributed by atoms with Gasteiger partial charge in [0.05, 0.1) is 11.7 Å². The molecule has 0 bridgehead atoms. The molecule has 5 N–H and O–H groups in total. The number of aliphatic hydroxyl groups excluding tert-OH is 1. The fraction of sp³-hybridized carbons (Fsp3) is 0.333. The Kier molecular flexibility index (Phi) is 2.30. The molecule has 1 aromatic heterocycles. The molecule has 5 nitrogen and oxygen atoms in total. The topological polar surface area (TPSA) is 94.9 Å². The maximum atomic E-state index is 11.1. The smallest absolute Gasteiger partial charge is 0.259 e. The molecule has 1 aromatic rings. The summed E-state index contributed by atoms with van der Waals surface area (Å²) in [6.45, 7) is 1.46. The van der Waals surface area contributed by atoms with Crippen molar-refractivity contribution in [3.8, 4) is 0 Å². The second-order valence-corrected chi connectivity index (χ2v) is 2.82. The Morgan fingerprint density at radius 3 is 2.58 bits per heavy atom. The lowest BCUT2D eigenvalue weighted by atomic mass is 10.2. The summed E-state index contributed by atoms with van der Waals surface area (Å²) in [6, 6.07) is 0. The van der Waals surface area contributed by atoms with Crippen molar-refractivity contribution in [1.29, 1.82) is 0 Å². The minimum absolute atomic E-state index is 0.110. The average molecular weight is 187 g/mol. The second kappa shape index (κ2) is 3.08. The van der Waals surface area contributed by atoms with Crippen LogP contribution in [0.25, 0.3) is 0 Å². The number of aliphatic hydroxyl groups is 1. The van der Waals surface area contributed by atoms with E-state index in [0.717, 1.165) is 0 Å². The van der Waals surface area contributed by atoms with Gasteiger partial charge in [-0.1, -0.05) is 0 Å². The molecule has 0 saturated carbocycles. The Bertz CT molecular complexity index is 393. The summed E-state index contributed by atoms with van der Waals surface area (Å²) in [5.41, 5.74) is 5.08. The second-order valence-electron chi connectivity index (χ2n) is 2.41. The molecule has 0 aromatic carbocycles. The van der Waals surface area contributed by atoms with Crippen LogP contribution in [0.15, 0.2) is 4.79 Å². The zero-order valence-corrected chi connectivity index (χ0v) is 7.23. The molecule has 0 radical (unpaired) electrons. The fourth-order valence-corrected chi connectivity index (χ4v) is 1.13. The van der Waals surface area contributed by atoms with Crippen molar-refractivity contribution in [2.75, 3.05) is 5.73 Å². The highest BCUT2D eigenvalue weighted by Crippen LogP contribution is 2.11. The van der Waals surface area contributed by atoms with Crippen molar-refractivity contribution in [3.63, 3.8) is 0 Å². The van der Waals surface area contributed by atoms with Gasteiger partial charge in [-0.15, -0.1) is 0 Å². The first-order valence-corrected chi connectivity index (χ1v) is 3.73. The normalized spacial score (nSPS) is 12.8. The number of rotatable bonds is 1. The molecule has 0 fully saturated rings. The van der Waals surface area contributed by atoms with Gasteiger partial charge in [-0.25, -0.2) is 0 Å². The number of aromatic amines is 2. The van der Waals surface area contributed by atoms with E-state index < -0.39 is 11.7 Å². The number of hydrogen-bond donors (Lipinski definition) is 4. The first-order valence-electron chi connectivity index (χ1n) is 3.32. The Hall–Kier alpha value is -1.14. The van der Waals surface area contributed by atoms with Crippen molar-refractivity contribution in [2.24, 2.45) is 0 Å². The van der Waals surface area contributed by atoms with Gasteiger partial charge in [-0.3, -0.25) is 9.78 Å². The first-order chi connectivity index (χ1) is 5.52. The SMILES string of the molecule is CC(O)c1c(N)[nH]c(=S)[nH]c1=O. The van der Waals surface area contributed by atoms with Gasteiger partial charge in [-0.2, -0.15) is 0 Å². The summed E-state index contributed by atoms with van der Waals surface area (Å²) in [5, 5.41) is 9.12. The molecule has 0 aliphatic rings. The van der Waals surface area contributed by atoms with Crippen molar-refractivity contribution in [2.45, 2.75) is 13.0 Å². The van der Waals surface area contributed by atoms with E-state index in [4.69, 9.17) is 10.8 Å². The molecular weight excluding hydrogens is 178 g/mol. The van der Waals surface area contributed by atoms with Crippen LogP contribution in [0.4, 0.5) is 5.82 Å². The molecule has 1 rings (SSSR count). The van der Waals surface area contributed by atoms with Gasteiger partial charge in [0.2, 0.25) is 0 Å². The van der Waals surface area contributed by atoms with E-state index in [-0.39, 0.29) is 16.2 Å². The number of hydrogen-bond acceptors (Lipinski definition) is 4. The Balaban J connectivity index is 3.49. The quantitative estimate of drug-likeness (QED) is 0.468. The molecule has 0 aliphatic heterocycles. The van der Waals surface area contributed by atoms with Gasteiger partial charge >= 0.3 is 0 Å². The van der Waals surface area contributed by atoms with Crippen LogP contribution in [0.2, 0.25) is 0 Å². The van der Waals surface area contributed by atoms with Crippen LogP contribution in [0, 0.1) is 4.77 Å². The largest absolute Gasteiger partial charge is 0.388 e. The summed E-state index contributed by atoms with van der Waals surface area (Å²) in [6.07, 6.45) is -0.902. The highest BCUT2D eigenvalue weighted by Gasteiger charge is 2.10. The third-order valence-electron chi connectivity index (χ3n) is 1.43. The predicted octanol–water partition coefficient (Wildman–Crippen LogP) is 0.0680. The zero-order chi connectivity index (χ0) is 9.30. The first kappa shape index (κ1) is 8.95. The summed E-state index contributed by atoms with van der Waals surface area (Å²) in [4.78, 5) is 16.0. The van der Waals surface area contributed by atoms with Crippen molar-refractivity contribution in [3.05, 3.63) is 20.7 Å². The zero-order valence-electron chi connectivity index (χ0n) is 6.42. The Labute approximate surface area is 73.3 Å². The number of nitrogens with one attached hydrogen (secondary N) is 2. The highest BCUT2D eigenvalue weighted by molar-refractivity contribution is 7.71. The van der Waals surface area contributed by atoms with Gasteiger partial charge in [0.1, 0.15) is 5.82 Å². The number of H-pyrrole nitrogens is 2. The van der Waals surface area contributed by atoms with E-state index in [0.29, 0.717) is 0 Å². The molecule has 1 unspecified atom stereocenters. The monoisotopic (exact) mass is 187 g/mol. The van der Waals surface area contributed by atoms with Gasteiger partial charge < -0.3 is 15.8 Å². The van der Waals surface area contributed by atoms with E-state index in [1.807, 2.05) is 0 Å². The van der Waals surface area contributed by atoms with Crippen LogP contribution in [0.3, 0.4) is 0 Å². The lowest BCUT2D eigenvalue weighted by Crippen LogP contribution is -2.19. The van der Waals surface area contributed by atoms with E-state index in [1.165, 1.54) is 6.92 Å². The highest BCUT2D eigenvalue weighted by atomic mass is 32.1. The van der Waals surface area contributed by atoms with Crippen molar-refractivity contribution < 1.29 is 5.11 Å². The minimum Gasteiger partial charge on any atom is -0.388 e. The van der Waals surface area contributed by atoms with Crippen LogP contribution in [0.5, 0.6) is 0 Å². The molecule has 0 amide bonds. The van der Waals surface area contributed by atoms with Crippen LogP contribution >= 0.6 is 12.2 Å². The maximum absolute atomic E-state index is 11.1. The molecule has 0 spiro atoms. The van der Waals surface area contributed by atoms with E-state index in [1.54, 1.807) is 0 Å². The van der Waals surface area contributed by atoms with Crippen molar-refractivity contribution in [1.82, 2.24) is 9.97 Å².